The first-order chi connectivity index (χ1) is 13.3. The molecular weight excluding hydrogens is 388 g/mol. The van der Waals surface area contributed by atoms with Gasteiger partial charge >= 0.3 is 0 Å². The van der Waals surface area contributed by atoms with E-state index < -0.39 is 16.6 Å². The minimum Gasteiger partial charge on any atom is -0.872 e. The predicted octanol–water partition coefficient (Wildman–Crippen LogP) is 3.06. The molecule has 0 aliphatic heterocycles. The lowest BCUT2D eigenvalue weighted by Crippen LogP contribution is -2.21. The lowest BCUT2D eigenvalue weighted by atomic mass is 10.1. The number of hydrogen-bond donors (Lipinski definition) is 1. The van der Waals surface area contributed by atoms with Gasteiger partial charge in [-0.05, 0) is 36.3 Å². The Balaban J connectivity index is 2.07. The van der Waals surface area contributed by atoms with Crippen molar-refractivity contribution < 1.29 is 24.3 Å². The van der Waals surface area contributed by atoms with Gasteiger partial charge in [0.15, 0.2) is 11.5 Å². The molecule has 0 saturated carbocycles. The maximum Gasteiger partial charge on any atom is 0.269 e. The molecule has 8 nitrogen and oxygen atoms in total. The smallest absolute Gasteiger partial charge is 0.269 e. The molecule has 0 aromatic heterocycles. The minimum atomic E-state index is -0.603. The van der Waals surface area contributed by atoms with Crippen molar-refractivity contribution in [2.45, 2.75) is 13.5 Å². The molecule has 0 unspecified atom stereocenters. The molecule has 2 aromatic rings. The summed E-state index contributed by atoms with van der Waals surface area (Å²) in [5.41, 5.74) is 0.526. The van der Waals surface area contributed by atoms with Crippen molar-refractivity contribution in [2.24, 2.45) is 0 Å². The van der Waals surface area contributed by atoms with Crippen LogP contribution in [0.3, 0.4) is 0 Å². The van der Waals surface area contributed by atoms with Crippen molar-refractivity contribution in [3.8, 4) is 17.2 Å². The number of methoxy groups -OCH3 is 1. The molecule has 9 heteroatoms. The van der Waals surface area contributed by atoms with E-state index in [1.165, 1.54) is 19.3 Å². The van der Waals surface area contributed by atoms with E-state index in [9.17, 15) is 20.0 Å². The Kier molecular flexibility index (Phi) is 7.22. The van der Waals surface area contributed by atoms with Crippen LogP contribution < -0.4 is 19.9 Å². The van der Waals surface area contributed by atoms with E-state index in [1.54, 1.807) is 12.1 Å². The fourth-order valence-corrected chi connectivity index (χ4v) is 2.62. The summed E-state index contributed by atoms with van der Waals surface area (Å²) in [7, 11) is 1.48. The zero-order chi connectivity index (χ0) is 20.7. The molecule has 2 rings (SSSR count). The van der Waals surface area contributed by atoms with Gasteiger partial charge in [0.2, 0.25) is 5.91 Å². The summed E-state index contributed by atoms with van der Waals surface area (Å²) < 4.78 is 10.7. The lowest BCUT2D eigenvalue weighted by molar-refractivity contribution is -0.385. The monoisotopic (exact) mass is 405 g/mol. The van der Waals surface area contributed by atoms with Gasteiger partial charge in [-0.1, -0.05) is 17.7 Å². The van der Waals surface area contributed by atoms with E-state index >= 15 is 0 Å². The number of amides is 1. The van der Waals surface area contributed by atoms with Crippen LogP contribution in [-0.2, 0) is 11.3 Å². The Bertz CT molecular complexity index is 914. The molecule has 0 bridgehead atoms. The Morgan fingerprint density at radius 1 is 1.32 bits per heavy atom. The summed E-state index contributed by atoms with van der Waals surface area (Å²) in [5, 5.41) is 25.4. The number of nitrogens with one attached hydrogen (secondary N) is 1. The number of carbonyl (C=O) groups excluding carboxylic acids is 1. The third-order valence-electron chi connectivity index (χ3n) is 3.68. The predicted molar refractivity (Wildman–Crippen MR) is 103 cm³/mol. The molecule has 0 atom stereocenters. The van der Waals surface area contributed by atoms with E-state index in [0.29, 0.717) is 28.7 Å². The number of nitro groups is 1. The summed E-state index contributed by atoms with van der Waals surface area (Å²) >= 11 is 6.18. The van der Waals surface area contributed by atoms with Crippen molar-refractivity contribution in [1.29, 1.82) is 0 Å². The van der Waals surface area contributed by atoms with Gasteiger partial charge in [0, 0.05) is 24.8 Å². The maximum absolute atomic E-state index is 12.0. The Morgan fingerprint density at radius 2 is 2.07 bits per heavy atom. The molecule has 28 heavy (non-hydrogen) atoms. The lowest BCUT2D eigenvalue weighted by Gasteiger charge is -2.13. The van der Waals surface area contributed by atoms with Crippen LogP contribution in [0.15, 0.2) is 36.4 Å². The molecule has 2 aromatic carbocycles. The van der Waals surface area contributed by atoms with Gasteiger partial charge in [-0.2, -0.15) is 0 Å². The van der Waals surface area contributed by atoms with Crippen LogP contribution >= 0.6 is 11.6 Å². The first-order valence-electron chi connectivity index (χ1n) is 8.26. The highest BCUT2D eigenvalue weighted by Crippen LogP contribution is 2.36. The van der Waals surface area contributed by atoms with Crippen molar-refractivity contribution >= 4 is 29.3 Å². The Labute approximate surface area is 166 Å². The van der Waals surface area contributed by atoms with Gasteiger partial charge < -0.3 is 19.9 Å². The van der Waals surface area contributed by atoms with E-state index in [4.69, 9.17) is 21.1 Å². The highest BCUT2D eigenvalue weighted by Gasteiger charge is 2.11. The number of nitrogens with zero attached hydrogens (tertiary/aromatic N) is 1. The Hall–Kier alpha value is -3.26. The average Bonchev–Trinajstić information content (AvgIpc) is 2.67. The van der Waals surface area contributed by atoms with Gasteiger partial charge in [0.1, 0.15) is 0 Å². The van der Waals surface area contributed by atoms with Crippen molar-refractivity contribution in [3.63, 3.8) is 0 Å². The van der Waals surface area contributed by atoms with Gasteiger partial charge in [-0.15, -0.1) is 5.75 Å². The topological polar surface area (TPSA) is 114 Å². The summed E-state index contributed by atoms with van der Waals surface area (Å²) in [6, 6.07) is 6.65. The van der Waals surface area contributed by atoms with Gasteiger partial charge in [-0.25, -0.2) is 0 Å². The minimum absolute atomic E-state index is 0.127. The van der Waals surface area contributed by atoms with Crippen LogP contribution in [0.2, 0.25) is 5.02 Å². The summed E-state index contributed by atoms with van der Waals surface area (Å²) in [5.74, 6) is -0.0169. The van der Waals surface area contributed by atoms with E-state index in [1.807, 2.05) is 6.92 Å². The number of carbonyl (C=O) groups is 1. The summed E-state index contributed by atoms with van der Waals surface area (Å²) in [4.78, 5) is 22.2. The molecule has 0 aliphatic carbocycles. The first-order valence-corrected chi connectivity index (χ1v) is 8.64. The highest BCUT2D eigenvalue weighted by atomic mass is 35.5. The van der Waals surface area contributed by atoms with Crippen LogP contribution in [0.25, 0.3) is 6.08 Å². The molecule has 148 valence electrons. The number of rotatable bonds is 8. The Morgan fingerprint density at radius 3 is 2.71 bits per heavy atom. The normalized spacial score (nSPS) is 10.7. The van der Waals surface area contributed by atoms with Crippen LogP contribution in [0.5, 0.6) is 17.2 Å². The number of benzene rings is 2. The number of ether oxygens (including phenoxy) is 2. The van der Waals surface area contributed by atoms with E-state index in [-0.39, 0.29) is 17.8 Å². The molecule has 0 spiro atoms. The van der Waals surface area contributed by atoms with Gasteiger partial charge in [-0.3, -0.25) is 14.9 Å². The fourth-order valence-electron chi connectivity index (χ4n) is 2.35. The molecule has 1 N–H and O–H groups in total. The van der Waals surface area contributed by atoms with E-state index in [2.05, 4.69) is 5.32 Å². The number of non-ortho nitro benzene ring substituents is 1. The van der Waals surface area contributed by atoms with Crippen LogP contribution in [0.1, 0.15) is 18.1 Å². The van der Waals surface area contributed by atoms with Crippen LogP contribution in [0, 0.1) is 10.1 Å². The second kappa shape index (κ2) is 9.61. The van der Waals surface area contributed by atoms with Gasteiger partial charge in [0.05, 0.1) is 23.7 Å². The van der Waals surface area contributed by atoms with Crippen LogP contribution in [-0.4, -0.2) is 24.5 Å². The molecule has 0 radical (unpaired) electrons. The molecule has 0 aliphatic rings. The van der Waals surface area contributed by atoms with Gasteiger partial charge in [0.25, 0.3) is 5.69 Å². The van der Waals surface area contributed by atoms with Crippen molar-refractivity contribution in [3.05, 3.63) is 62.7 Å². The quantitative estimate of drug-likeness (QED) is 0.410. The highest BCUT2D eigenvalue weighted by molar-refractivity contribution is 6.32. The second-order valence-corrected chi connectivity index (χ2v) is 5.97. The number of nitro benzene ring substituents is 1. The molecule has 0 fully saturated rings. The molecular formula is C19H18ClN2O6-. The number of hydrogen-bond acceptors (Lipinski definition) is 6. The molecule has 0 heterocycles. The molecule has 1 amide bonds. The standard InChI is InChI=1S/C19H19ClN2O6/c1-3-28-19-15(20)8-12(9-17(19)27-2)4-7-18(24)21-11-13-10-14(22(25)26)5-6-16(13)23/h4-10,23H,3,11H2,1-2H3,(H,21,24)/p-1/b7-4+. The zero-order valence-corrected chi connectivity index (χ0v) is 16.0. The summed E-state index contributed by atoms with van der Waals surface area (Å²) in [6.45, 7) is 2.12. The largest absolute Gasteiger partial charge is 0.872 e. The second-order valence-electron chi connectivity index (χ2n) is 5.57. The SMILES string of the molecule is CCOc1c(Cl)cc(/C=C/C(=O)NCc2cc([N+](=O)[O-])ccc2[O-])cc1OC. The third kappa shape index (κ3) is 5.37. The number of halogens is 1. The van der Waals surface area contributed by atoms with Crippen LogP contribution in [0.4, 0.5) is 5.69 Å². The zero-order valence-electron chi connectivity index (χ0n) is 15.2. The first kappa shape index (κ1) is 21.0. The molecule has 0 saturated heterocycles. The summed E-state index contributed by atoms with van der Waals surface area (Å²) in [6.07, 6.45) is 2.78. The van der Waals surface area contributed by atoms with Crippen molar-refractivity contribution in [2.75, 3.05) is 13.7 Å². The van der Waals surface area contributed by atoms with E-state index in [0.717, 1.165) is 18.2 Å². The average molecular weight is 406 g/mol. The maximum atomic E-state index is 12.0. The third-order valence-corrected chi connectivity index (χ3v) is 3.96. The van der Waals surface area contributed by atoms with Crippen molar-refractivity contribution in [1.82, 2.24) is 5.32 Å². The fraction of sp³-hybridized carbons (Fsp3) is 0.211.